The number of thiazole rings is 1. The summed E-state index contributed by atoms with van der Waals surface area (Å²) in [6.07, 6.45) is 2.20. The molecule has 4 rings (SSSR count). The van der Waals surface area contributed by atoms with Crippen molar-refractivity contribution in [2.45, 2.75) is 36.8 Å². The molecule has 3 aromatic heterocycles. The second-order valence-electron chi connectivity index (χ2n) is 6.88. The number of nitrogens with zero attached hydrogens (tertiary/aromatic N) is 4. The van der Waals surface area contributed by atoms with E-state index in [2.05, 4.69) is 15.4 Å². The van der Waals surface area contributed by atoms with Gasteiger partial charge in [-0.1, -0.05) is 11.3 Å². The fraction of sp³-hybridized carbons (Fsp3) is 0.389. The Labute approximate surface area is 169 Å². The van der Waals surface area contributed by atoms with Crippen LogP contribution in [0.5, 0.6) is 0 Å². The van der Waals surface area contributed by atoms with Crippen LogP contribution in [0.25, 0.3) is 11.0 Å². The molecule has 8 nitrogen and oxygen atoms in total. The maximum absolute atomic E-state index is 13.1. The quantitative estimate of drug-likeness (QED) is 0.597. The fourth-order valence-corrected chi connectivity index (χ4v) is 4.97. The number of fused-ring (bicyclic) bond motifs is 1. The Kier molecular flexibility index (Phi) is 4.84. The molecule has 0 bridgehead atoms. The van der Waals surface area contributed by atoms with Crippen LogP contribution in [0, 0.1) is 13.8 Å². The number of pyridine rings is 1. The summed E-state index contributed by atoms with van der Waals surface area (Å²) in [5.41, 5.74) is 8.97. The minimum Gasteiger partial charge on any atom is -0.369 e. The fourth-order valence-electron chi connectivity index (χ4n) is 3.10. The Morgan fingerprint density at radius 3 is 2.75 bits per heavy atom. The molecule has 0 aliphatic heterocycles. The van der Waals surface area contributed by atoms with Crippen LogP contribution in [0.1, 0.15) is 46.2 Å². The number of rotatable bonds is 6. The SMILES string of the molecule is Cc1nc(NC(=O)c2cc(C3CC3)nc3c2c(C)nn3C)sc1SCC(N)=O. The molecule has 0 unspecified atom stereocenters. The van der Waals surface area contributed by atoms with Crippen LogP contribution in [-0.2, 0) is 11.8 Å². The van der Waals surface area contributed by atoms with E-state index in [-0.39, 0.29) is 17.6 Å². The highest BCUT2D eigenvalue weighted by Gasteiger charge is 2.28. The number of thioether (sulfide) groups is 1. The van der Waals surface area contributed by atoms with Gasteiger partial charge in [0.2, 0.25) is 5.91 Å². The standard InChI is InChI=1S/C18H20N6O2S2/c1-8-14-11(6-12(10-4-5-10)21-15(14)24(3)23-8)16(26)22-18-20-9(2)17(28-18)27-7-13(19)25/h6,10H,4-5,7H2,1-3H3,(H2,19,25)(H,20,22,26). The number of nitrogens with two attached hydrogens (primary N) is 1. The molecular weight excluding hydrogens is 396 g/mol. The number of hydrogen-bond acceptors (Lipinski definition) is 7. The van der Waals surface area contributed by atoms with Gasteiger partial charge in [-0.25, -0.2) is 9.97 Å². The third-order valence-corrected chi connectivity index (χ3v) is 7.01. The molecule has 2 amide bonds. The lowest BCUT2D eigenvalue weighted by Gasteiger charge is -2.07. The van der Waals surface area contributed by atoms with E-state index in [9.17, 15) is 9.59 Å². The highest BCUT2D eigenvalue weighted by atomic mass is 32.2. The average molecular weight is 417 g/mol. The largest absolute Gasteiger partial charge is 0.369 e. The normalized spacial score (nSPS) is 13.8. The van der Waals surface area contributed by atoms with Gasteiger partial charge in [0.05, 0.1) is 32.3 Å². The number of anilines is 1. The first kappa shape index (κ1) is 18.9. The van der Waals surface area contributed by atoms with Crippen molar-refractivity contribution >= 4 is 51.1 Å². The van der Waals surface area contributed by atoms with E-state index in [1.807, 2.05) is 27.0 Å². The van der Waals surface area contributed by atoms with Crippen LogP contribution in [0.15, 0.2) is 10.3 Å². The minimum atomic E-state index is -0.387. The number of aromatic nitrogens is 4. The number of primary amides is 1. The van der Waals surface area contributed by atoms with Crippen molar-refractivity contribution in [3.63, 3.8) is 0 Å². The van der Waals surface area contributed by atoms with Gasteiger partial charge in [0, 0.05) is 18.7 Å². The maximum atomic E-state index is 13.1. The van der Waals surface area contributed by atoms with Crippen molar-refractivity contribution < 1.29 is 9.59 Å². The second kappa shape index (κ2) is 7.17. The zero-order chi connectivity index (χ0) is 20.0. The molecule has 1 aliphatic rings. The van der Waals surface area contributed by atoms with Crippen molar-refractivity contribution in [3.8, 4) is 0 Å². The van der Waals surface area contributed by atoms with Gasteiger partial charge in [0.15, 0.2) is 10.8 Å². The van der Waals surface area contributed by atoms with Crippen LogP contribution in [0.4, 0.5) is 5.13 Å². The first-order valence-electron chi connectivity index (χ1n) is 8.87. The predicted molar refractivity (Wildman–Crippen MR) is 110 cm³/mol. The van der Waals surface area contributed by atoms with Crippen molar-refractivity contribution in [2.24, 2.45) is 12.8 Å². The smallest absolute Gasteiger partial charge is 0.258 e. The average Bonchev–Trinajstić information content (AvgIpc) is 3.37. The molecular formula is C18H20N6O2S2. The number of aryl methyl sites for hydroxylation is 3. The van der Waals surface area contributed by atoms with E-state index >= 15 is 0 Å². The number of nitrogens with one attached hydrogen (secondary N) is 1. The van der Waals surface area contributed by atoms with Gasteiger partial charge in [-0.2, -0.15) is 5.10 Å². The van der Waals surface area contributed by atoms with Gasteiger partial charge in [-0.05, 0) is 32.8 Å². The molecule has 0 radical (unpaired) electrons. The van der Waals surface area contributed by atoms with Gasteiger partial charge in [-0.15, -0.1) is 11.8 Å². The van der Waals surface area contributed by atoms with Gasteiger partial charge in [0.25, 0.3) is 5.91 Å². The van der Waals surface area contributed by atoms with Crippen molar-refractivity contribution in [1.29, 1.82) is 0 Å². The lowest BCUT2D eigenvalue weighted by atomic mass is 10.1. The molecule has 28 heavy (non-hydrogen) atoms. The number of carbonyl (C=O) groups is 2. The lowest BCUT2D eigenvalue weighted by molar-refractivity contribution is -0.115. The third kappa shape index (κ3) is 3.61. The van der Waals surface area contributed by atoms with Gasteiger partial charge in [-0.3, -0.25) is 19.6 Å². The van der Waals surface area contributed by atoms with Gasteiger partial charge >= 0.3 is 0 Å². The molecule has 146 valence electrons. The van der Waals surface area contributed by atoms with E-state index in [1.54, 1.807) is 4.68 Å². The highest BCUT2D eigenvalue weighted by Crippen LogP contribution is 2.40. The Balaban J connectivity index is 1.66. The zero-order valence-electron chi connectivity index (χ0n) is 15.8. The zero-order valence-corrected chi connectivity index (χ0v) is 17.4. The summed E-state index contributed by atoms with van der Waals surface area (Å²) < 4.78 is 2.59. The van der Waals surface area contributed by atoms with Crippen molar-refractivity contribution in [1.82, 2.24) is 19.7 Å². The first-order valence-corrected chi connectivity index (χ1v) is 10.7. The molecule has 0 atom stereocenters. The van der Waals surface area contributed by atoms with E-state index in [1.165, 1.54) is 23.1 Å². The minimum absolute atomic E-state index is 0.182. The summed E-state index contributed by atoms with van der Waals surface area (Å²) >= 11 is 2.67. The summed E-state index contributed by atoms with van der Waals surface area (Å²) in [5.74, 6) is -0.0148. The molecule has 3 aromatic rings. The van der Waals surface area contributed by atoms with E-state index in [0.29, 0.717) is 16.6 Å². The van der Waals surface area contributed by atoms with Gasteiger partial charge < -0.3 is 5.73 Å². The molecule has 3 N–H and O–H groups in total. The first-order chi connectivity index (χ1) is 13.3. The monoisotopic (exact) mass is 416 g/mol. The Hall–Kier alpha value is -2.46. The van der Waals surface area contributed by atoms with Crippen LogP contribution >= 0.6 is 23.1 Å². The van der Waals surface area contributed by atoms with Gasteiger partial charge in [0.1, 0.15) is 0 Å². The third-order valence-electron chi connectivity index (χ3n) is 4.55. The Bertz CT molecular complexity index is 1100. The highest BCUT2D eigenvalue weighted by molar-refractivity contribution is 8.01. The van der Waals surface area contributed by atoms with Crippen LogP contribution in [0.2, 0.25) is 0 Å². The molecule has 0 aromatic carbocycles. The summed E-state index contributed by atoms with van der Waals surface area (Å²) in [6.45, 7) is 3.72. The molecule has 0 saturated heterocycles. The van der Waals surface area contributed by atoms with Crippen molar-refractivity contribution in [2.75, 3.05) is 11.1 Å². The Morgan fingerprint density at radius 2 is 2.07 bits per heavy atom. The van der Waals surface area contributed by atoms with Crippen LogP contribution in [0.3, 0.4) is 0 Å². The second-order valence-corrected chi connectivity index (χ2v) is 9.12. The topological polar surface area (TPSA) is 116 Å². The molecule has 1 saturated carbocycles. The maximum Gasteiger partial charge on any atom is 0.258 e. The summed E-state index contributed by atoms with van der Waals surface area (Å²) in [7, 11) is 1.84. The summed E-state index contributed by atoms with van der Waals surface area (Å²) in [5, 5.41) is 8.59. The van der Waals surface area contributed by atoms with E-state index < -0.39 is 0 Å². The molecule has 1 fully saturated rings. The van der Waals surface area contributed by atoms with Crippen LogP contribution in [-0.4, -0.2) is 37.3 Å². The summed E-state index contributed by atoms with van der Waals surface area (Å²) in [4.78, 5) is 33.2. The number of amides is 2. The number of carbonyl (C=O) groups excluding carboxylic acids is 2. The molecule has 0 spiro atoms. The molecule has 3 heterocycles. The lowest BCUT2D eigenvalue weighted by Crippen LogP contribution is -2.13. The predicted octanol–water partition coefficient (Wildman–Crippen LogP) is 2.75. The summed E-state index contributed by atoms with van der Waals surface area (Å²) in [6, 6.07) is 1.88. The van der Waals surface area contributed by atoms with Crippen molar-refractivity contribution in [3.05, 3.63) is 28.7 Å². The van der Waals surface area contributed by atoms with Crippen LogP contribution < -0.4 is 11.1 Å². The number of hydrogen-bond donors (Lipinski definition) is 2. The van der Waals surface area contributed by atoms with E-state index in [4.69, 9.17) is 10.7 Å². The Morgan fingerprint density at radius 1 is 1.32 bits per heavy atom. The molecule has 1 aliphatic carbocycles. The van der Waals surface area contributed by atoms with E-state index in [0.717, 1.165) is 45.2 Å². The molecule has 10 heteroatoms.